The first kappa shape index (κ1) is 29.0. The Morgan fingerprint density at radius 1 is 0.735 bits per heavy atom. The summed E-state index contributed by atoms with van der Waals surface area (Å²) in [4.78, 5) is 23.1. The molecule has 2 saturated heterocycles. The molecule has 0 aromatic heterocycles. The second kappa shape index (κ2) is 13.2. The molecule has 0 aromatic rings. The second-order valence-corrected chi connectivity index (χ2v) is 7.63. The minimum atomic E-state index is -1.92. The molecule has 2 heterocycles. The van der Waals surface area contributed by atoms with E-state index in [0.717, 1.165) is 0 Å². The highest BCUT2D eigenvalue weighted by atomic mass is 16.7. The third kappa shape index (κ3) is 6.50. The third-order valence-electron chi connectivity index (χ3n) is 5.37. The van der Waals surface area contributed by atoms with Crippen molar-refractivity contribution in [3.8, 4) is 0 Å². The predicted molar refractivity (Wildman–Crippen MR) is 101 cm³/mol. The molecule has 0 amide bonds. The molecule has 9 N–H and O–H groups in total. The molecule has 0 saturated carbocycles. The Bertz CT molecular complexity index is 633. The van der Waals surface area contributed by atoms with E-state index in [1.54, 1.807) is 0 Å². The van der Waals surface area contributed by atoms with E-state index in [1.807, 2.05) is 0 Å². The molecular weight excluding hydrogens is 472 g/mol. The minimum Gasteiger partial charge on any atom is -0.394 e. The van der Waals surface area contributed by atoms with E-state index < -0.39 is 99.7 Å². The minimum absolute atomic E-state index is 0.0525. The van der Waals surface area contributed by atoms with E-state index in [0.29, 0.717) is 0 Å². The van der Waals surface area contributed by atoms with Crippen LogP contribution in [-0.2, 0) is 33.3 Å². The topological polar surface area (TPSA) is 262 Å². The summed E-state index contributed by atoms with van der Waals surface area (Å²) in [6.07, 6.45) is -22.1. The highest BCUT2D eigenvalue weighted by Gasteiger charge is 2.47. The van der Waals surface area contributed by atoms with Gasteiger partial charge in [-0.2, -0.15) is 0 Å². The van der Waals surface area contributed by atoms with Crippen molar-refractivity contribution in [1.29, 1.82) is 0 Å². The number of hydrogen-bond donors (Lipinski definition) is 9. The van der Waals surface area contributed by atoms with Gasteiger partial charge in [0.15, 0.2) is 25.2 Å². The quantitative estimate of drug-likeness (QED) is 0.0886. The van der Waals surface area contributed by atoms with Crippen molar-refractivity contribution in [1.82, 2.24) is 0 Å². The zero-order chi connectivity index (χ0) is 25.6. The molecule has 16 heteroatoms. The van der Waals surface area contributed by atoms with Crippen LogP contribution in [0.4, 0.5) is 0 Å². The van der Waals surface area contributed by atoms with Gasteiger partial charge in [-0.1, -0.05) is 0 Å². The summed E-state index contributed by atoms with van der Waals surface area (Å²) in [5, 5.41) is 87.3. The number of carbonyl (C=O) groups excluding carboxylic acids is 2. The number of carbonyl (C=O) groups is 2. The molecular formula is C18H30O16. The Balaban J connectivity index is 2.09. The fourth-order valence-electron chi connectivity index (χ4n) is 3.42. The SMILES string of the molecule is O=CC(OC(CO)C(C=O)O[C@H]1OC(CO)[C@@H](O)[C@@H](O)C1O)O[C@@H]1C(CO)O[C@H](O)C(O)[C@@H]1O. The van der Waals surface area contributed by atoms with Gasteiger partial charge >= 0.3 is 0 Å². The monoisotopic (exact) mass is 502 g/mol. The predicted octanol–water partition coefficient (Wildman–Crippen LogP) is -6.91. The van der Waals surface area contributed by atoms with Crippen molar-refractivity contribution in [2.75, 3.05) is 19.8 Å². The molecule has 34 heavy (non-hydrogen) atoms. The molecule has 198 valence electrons. The molecule has 0 spiro atoms. The van der Waals surface area contributed by atoms with E-state index in [-0.39, 0.29) is 12.6 Å². The highest BCUT2D eigenvalue weighted by Crippen LogP contribution is 2.26. The summed E-state index contributed by atoms with van der Waals surface area (Å²) in [6, 6.07) is 0. The maximum Gasteiger partial charge on any atom is 0.215 e. The van der Waals surface area contributed by atoms with Crippen molar-refractivity contribution in [2.24, 2.45) is 0 Å². The zero-order valence-electron chi connectivity index (χ0n) is 17.7. The Morgan fingerprint density at radius 3 is 1.91 bits per heavy atom. The fraction of sp³-hybridized carbons (Fsp3) is 0.889. The van der Waals surface area contributed by atoms with Crippen LogP contribution in [-0.4, -0.2) is 158 Å². The van der Waals surface area contributed by atoms with Crippen LogP contribution in [0.5, 0.6) is 0 Å². The van der Waals surface area contributed by atoms with Crippen molar-refractivity contribution in [2.45, 2.75) is 79.9 Å². The van der Waals surface area contributed by atoms with Gasteiger partial charge < -0.3 is 74.4 Å². The van der Waals surface area contributed by atoms with Crippen LogP contribution in [0.3, 0.4) is 0 Å². The van der Waals surface area contributed by atoms with E-state index >= 15 is 0 Å². The molecule has 2 aliphatic heterocycles. The van der Waals surface area contributed by atoms with E-state index in [4.69, 9.17) is 23.7 Å². The first-order valence-corrected chi connectivity index (χ1v) is 10.2. The van der Waals surface area contributed by atoms with Gasteiger partial charge in [0, 0.05) is 0 Å². The molecule has 7 unspecified atom stereocenters. The molecule has 0 radical (unpaired) electrons. The van der Waals surface area contributed by atoms with Crippen molar-refractivity contribution < 1.29 is 79.2 Å². The summed E-state index contributed by atoms with van der Waals surface area (Å²) in [6.45, 7) is -2.52. The molecule has 0 bridgehead atoms. The van der Waals surface area contributed by atoms with E-state index in [1.165, 1.54) is 0 Å². The van der Waals surface area contributed by atoms with Gasteiger partial charge in [-0.25, -0.2) is 0 Å². The van der Waals surface area contributed by atoms with Crippen LogP contribution in [0.2, 0.25) is 0 Å². The smallest absolute Gasteiger partial charge is 0.215 e. The summed E-state index contributed by atoms with van der Waals surface area (Å²) in [7, 11) is 0. The van der Waals surface area contributed by atoms with Crippen molar-refractivity contribution >= 4 is 12.6 Å². The largest absolute Gasteiger partial charge is 0.394 e. The van der Waals surface area contributed by atoms with Crippen LogP contribution in [0, 0.1) is 0 Å². The number of rotatable bonds is 12. The first-order valence-electron chi connectivity index (χ1n) is 10.2. The summed E-state index contributed by atoms with van der Waals surface area (Å²) in [5.41, 5.74) is 0. The van der Waals surface area contributed by atoms with Crippen molar-refractivity contribution in [3.05, 3.63) is 0 Å². The average molecular weight is 502 g/mol. The van der Waals surface area contributed by atoms with Crippen LogP contribution < -0.4 is 0 Å². The third-order valence-corrected chi connectivity index (χ3v) is 5.37. The van der Waals surface area contributed by atoms with Gasteiger partial charge in [0.25, 0.3) is 0 Å². The van der Waals surface area contributed by atoms with Gasteiger partial charge in [-0.05, 0) is 0 Å². The zero-order valence-corrected chi connectivity index (χ0v) is 17.7. The summed E-state index contributed by atoms with van der Waals surface area (Å²) >= 11 is 0. The van der Waals surface area contributed by atoms with Crippen molar-refractivity contribution in [3.63, 3.8) is 0 Å². The lowest BCUT2D eigenvalue weighted by Crippen LogP contribution is -2.61. The highest BCUT2D eigenvalue weighted by molar-refractivity contribution is 5.58. The maximum atomic E-state index is 11.6. The molecule has 13 atom stereocenters. The lowest BCUT2D eigenvalue weighted by molar-refractivity contribution is -0.328. The first-order chi connectivity index (χ1) is 16.1. The van der Waals surface area contributed by atoms with Crippen LogP contribution >= 0.6 is 0 Å². The van der Waals surface area contributed by atoms with Gasteiger partial charge in [0.1, 0.15) is 61.0 Å². The van der Waals surface area contributed by atoms with E-state index in [9.17, 15) is 55.5 Å². The fourth-order valence-corrected chi connectivity index (χ4v) is 3.42. The van der Waals surface area contributed by atoms with Gasteiger partial charge in [0.05, 0.1) is 19.8 Å². The number of aliphatic hydroxyl groups is 9. The van der Waals surface area contributed by atoms with Gasteiger partial charge in [0.2, 0.25) is 6.29 Å². The number of aliphatic hydroxyl groups excluding tert-OH is 9. The Kier molecular flexibility index (Phi) is 11.3. The number of hydrogen-bond acceptors (Lipinski definition) is 16. The lowest BCUT2D eigenvalue weighted by atomic mass is 9.99. The van der Waals surface area contributed by atoms with Crippen LogP contribution in [0.15, 0.2) is 0 Å². The Morgan fingerprint density at radius 2 is 1.38 bits per heavy atom. The normalized spacial score (nSPS) is 41.4. The molecule has 2 rings (SSSR count). The molecule has 0 aliphatic carbocycles. The molecule has 16 nitrogen and oxygen atoms in total. The molecule has 2 aliphatic rings. The second-order valence-electron chi connectivity index (χ2n) is 7.63. The Hall–Kier alpha value is -1.22. The van der Waals surface area contributed by atoms with Gasteiger partial charge in [-0.15, -0.1) is 0 Å². The Labute approximate surface area is 192 Å². The molecule has 2 fully saturated rings. The number of ether oxygens (including phenoxy) is 5. The summed E-state index contributed by atoms with van der Waals surface area (Å²) in [5.74, 6) is 0. The number of aldehydes is 2. The van der Waals surface area contributed by atoms with E-state index in [2.05, 4.69) is 0 Å². The average Bonchev–Trinajstić information content (AvgIpc) is 2.84. The molecule has 0 aromatic carbocycles. The van der Waals surface area contributed by atoms with Crippen LogP contribution in [0.1, 0.15) is 0 Å². The summed E-state index contributed by atoms with van der Waals surface area (Å²) < 4.78 is 25.6. The van der Waals surface area contributed by atoms with Gasteiger partial charge in [-0.3, -0.25) is 4.79 Å². The lowest BCUT2D eigenvalue weighted by Gasteiger charge is -2.42. The van der Waals surface area contributed by atoms with Crippen LogP contribution in [0.25, 0.3) is 0 Å². The maximum absolute atomic E-state index is 11.6. The standard InChI is InChI=1S/C18H30O16/c19-1-6(7(2-20)32-18-15(28)12(25)11(24)8(3-21)33-18)30-10(5-23)34-16-9(4-22)31-17(29)14(27)13(16)26/h2,5-19,21-22,24-29H,1,3-4H2/t6?,7?,8?,9?,10?,11-,12-,13+,14?,15?,16-,17+,18+/m1/s1.